The number of likely N-dealkylation sites (tertiary alicyclic amines) is 1. The van der Waals surface area contributed by atoms with Crippen LogP contribution >= 0.6 is 0 Å². The zero-order valence-corrected chi connectivity index (χ0v) is 14.6. The number of carbonyl (C=O) groups is 2. The lowest BCUT2D eigenvalue weighted by Crippen LogP contribution is -2.44. The molecule has 1 heterocycles. The van der Waals surface area contributed by atoms with E-state index in [0.717, 1.165) is 25.9 Å². The molecule has 2 rings (SSSR count). The van der Waals surface area contributed by atoms with Gasteiger partial charge in [-0.3, -0.25) is 14.5 Å². The van der Waals surface area contributed by atoms with E-state index in [-0.39, 0.29) is 24.9 Å². The second-order valence-electron chi connectivity index (χ2n) is 5.99. The fourth-order valence-corrected chi connectivity index (χ4v) is 2.85. The highest BCUT2D eigenvalue weighted by Crippen LogP contribution is 2.22. The van der Waals surface area contributed by atoms with Gasteiger partial charge >= 0.3 is 0 Å². The van der Waals surface area contributed by atoms with Crippen LogP contribution in [0.1, 0.15) is 26.2 Å². The molecule has 0 spiro atoms. The summed E-state index contributed by atoms with van der Waals surface area (Å²) < 4.78 is 5.23. The van der Waals surface area contributed by atoms with Crippen LogP contribution in [0.25, 0.3) is 0 Å². The number of rotatable bonds is 7. The lowest BCUT2D eigenvalue weighted by Gasteiger charge is -2.29. The van der Waals surface area contributed by atoms with Crippen LogP contribution in [0.15, 0.2) is 24.3 Å². The number of anilines is 1. The van der Waals surface area contributed by atoms with E-state index in [9.17, 15) is 9.59 Å². The minimum atomic E-state index is -0.146. The van der Waals surface area contributed by atoms with Gasteiger partial charge in [0.1, 0.15) is 5.75 Å². The normalized spacial score (nSPS) is 14.5. The predicted octanol–water partition coefficient (Wildman–Crippen LogP) is 1.97. The molecule has 1 fully saturated rings. The SMILES string of the molecule is CCN(CC(=O)Nc1ccccc1OC)CC(=O)N1CCCCC1. The Balaban J connectivity index is 1.87. The smallest absolute Gasteiger partial charge is 0.238 e. The van der Waals surface area contributed by atoms with E-state index in [2.05, 4.69) is 5.32 Å². The Morgan fingerprint density at radius 2 is 1.88 bits per heavy atom. The van der Waals surface area contributed by atoms with E-state index >= 15 is 0 Å². The van der Waals surface area contributed by atoms with Crippen molar-refractivity contribution in [2.75, 3.05) is 45.2 Å². The van der Waals surface area contributed by atoms with Crippen LogP contribution in [0.4, 0.5) is 5.69 Å². The van der Waals surface area contributed by atoms with Crippen molar-refractivity contribution in [3.05, 3.63) is 24.3 Å². The number of ether oxygens (including phenoxy) is 1. The molecule has 1 saturated heterocycles. The average Bonchev–Trinajstić information content (AvgIpc) is 2.62. The maximum atomic E-state index is 12.3. The lowest BCUT2D eigenvalue weighted by atomic mass is 10.1. The Hall–Kier alpha value is -2.08. The maximum Gasteiger partial charge on any atom is 0.238 e. The quantitative estimate of drug-likeness (QED) is 0.829. The number of hydrogen-bond donors (Lipinski definition) is 1. The highest BCUT2D eigenvalue weighted by molar-refractivity contribution is 5.94. The van der Waals surface area contributed by atoms with E-state index in [0.29, 0.717) is 18.0 Å². The summed E-state index contributed by atoms with van der Waals surface area (Å²) in [6.45, 7) is 4.76. The molecule has 1 aliphatic heterocycles. The summed E-state index contributed by atoms with van der Waals surface area (Å²) in [7, 11) is 1.57. The summed E-state index contributed by atoms with van der Waals surface area (Å²) in [5, 5.41) is 2.85. The van der Waals surface area contributed by atoms with Gasteiger partial charge in [0.15, 0.2) is 0 Å². The number of para-hydroxylation sites is 2. The monoisotopic (exact) mass is 333 g/mol. The largest absolute Gasteiger partial charge is 0.495 e. The molecule has 0 aliphatic carbocycles. The highest BCUT2D eigenvalue weighted by Gasteiger charge is 2.20. The molecule has 132 valence electrons. The zero-order valence-electron chi connectivity index (χ0n) is 14.6. The van der Waals surface area contributed by atoms with Gasteiger partial charge in [0.05, 0.1) is 25.9 Å². The summed E-state index contributed by atoms with van der Waals surface area (Å²) in [5.41, 5.74) is 0.642. The molecule has 1 N–H and O–H groups in total. The zero-order chi connectivity index (χ0) is 17.4. The van der Waals surface area contributed by atoms with Gasteiger partial charge in [0.2, 0.25) is 11.8 Å². The van der Waals surface area contributed by atoms with Crippen molar-refractivity contribution in [3.8, 4) is 5.75 Å². The van der Waals surface area contributed by atoms with Crippen molar-refractivity contribution in [1.29, 1.82) is 0 Å². The van der Waals surface area contributed by atoms with Crippen LogP contribution in [-0.2, 0) is 9.59 Å². The third-order valence-electron chi connectivity index (χ3n) is 4.26. The van der Waals surface area contributed by atoms with Crippen molar-refractivity contribution in [3.63, 3.8) is 0 Å². The summed E-state index contributed by atoms with van der Waals surface area (Å²) >= 11 is 0. The van der Waals surface area contributed by atoms with Crippen LogP contribution in [-0.4, -0.2) is 61.4 Å². The molecule has 1 aromatic rings. The summed E-state index contributed by atoms with van der Waals surface area (Å²) in [4.78, 5) is 28.4. The average molecular weight is 333 g/mol. The van der Waals surface area contributed by atoms with E-state index in [1.165, 1.54) is 6.42 Å². The number of nitrogens with one attached hydrogen (secondary N) is 1. The van der Waals surface area contributed by atoms with Gasteiger partial charge in [-0.25, -0.2) is 0 Å². The first-order valence-corrected chi connectivity index (χ1v) is 8.57. The van der Waals surface area contributed by atoms with E-state index in [4.69, 9.17) is 4.74 Å². The van der Waals surface area contributed by atoms with Crippen molar-refractivity contribution in [2.45, 2.75) is 26.2 Å². The number of carbonyl (C=O) groups excluding carboxylic acids is 2. The molecule has 1 aliphatic rings. The maximum absolute atomic E-state index is 12.3. The molecule has 0 aromatic heterocycles. The Labute approximate surface area is 143 Å². The van der Waals surface area contributed by atoms with Crippen LogP contribution in [0.3, 0.4) is 0 Å². The van der Waals surface area contributed by atoms with Gasteiger partial charge in [-0.1, -0.05) is 19.1 Å². The number of amides is 2. The number of piperidine rings is 1. The first-order valence-electron chi connectivity index (χ1n) is 8.57. The Bertz CT molecular complexity index is 556. The summed E-state index contributed by atoms with van der Waals surface area (Å²) in [6.07, 6.45) is 3.35. The topological polar surface area (TPSA) is 61.9 Å². The van der Waals surface area contributed by atoms with Crippen molar-refractivity contribution < 1.29 is 14.3 Å². The molecule has 6 heteroatoms. The number of benzene rings is 1. The van der Waals surface area contributed by atoms with E-state index < -0.39 is 0 Å². The predicted molar refractivity (Wildman–Crippen MR) is 94.2 cm³/mol. The molecule has 2 amide bonds. The van der Waals surface area contributed by atoms with Gasteiger partial charge in [0.25, 0.3) is 0 Å². The third kappa shape index (κ3) is 5.23. The molecular formula is C18H27N3O3. The van der Waals surface area contributed by atoms with E-state index in [1.54, 1.807) is 19.2 Å². The van der Waals surface area contributed by atoms with Crippen molar-refractivity contribution in [1.82, 2.24) is 9.80 Å². The van der Waals surface area contributed by atoms with Gasteiger partial charge in [0, 0.05) is 13.1 Å². The van der Waals surface area contributed by atoms with Crippen LogP contribution < -0.4 is 10.1 Å². The number of likely N-dealkylation sites (N-methyl/N-ethyl adjacent to an activating group) is 1. The minimum absolute atomic E-state index is 0.113. The van der Waals surface area contributed by atoms with E-state index in [1.807, 2.05) is 28.9 Å². The summed E-state index contributed by atoms with van der Waals surface area (Å²) in [6, 6.07) is 7.29. The molecule has 0 radical (unpaired) electrons. The highest BCUT2D eigenvalue weighted by atomic mass is 16.5. The minimum Gasteiger partial charge on any atom is -0.495 e. The van der Waals surface area contributed by atoms with Crippen molar-refractivity contribution in [2.24, 2.45) is 0 Å². The first-order chi connectivity index (χ1) is 11.6. The second kappa shape index (κ2) is 9.27. The Morgan fingerprint density at radius 3 is 2.54 bits per heavy atom. The Kier molecular flexibility index (Phi) is 7.06. The number of hydrogen-bond acceptors (Lipinski definition) is 4. The Morgan fingerprint density at radius 1 is 1.17 bits per heavy atom. The van der Waals surface area contributed by atoms with Gasteiger partial charge in [-0.15, -0.1) is 0 Å². The van der Waals surface area contributed by atoms with Crippen LogP contribution in [0.5, 0.6) is 5.75 Å². The molecule has 0 bridgehead atoms. The van der Waals surface area contributed by atoms with Crippen molar-refractivity contribution >= 4 is 17.5 Å². The third-order valence-corrected chi connectivity index (χ3v) is 4.26. The van der Waals surface area contributed by atoms with Gasteiger partial charge in [-0.2, -0.15) is 0 Å². The standard InChI is InChI=1S/C18H27N3O3/c1-3-20(14-18(23)21-11-7-4-8-12-21)13-17(22)19-15-9-5-6-10-16(15)24-2/h5-6,9-10H,3-4,7-8,11-14H2,1-2H3,(H,19,22). The fraction of sp³-hybridized carbons (Fsp3) is 0.556. The summed E-state index contributed by atoms with van der Waals surface area (Å²) in [5.74, 6) is 0.590. The molecule has 24 heavy (non-hydrogen) atoms. The molecule has 0 unspecified atom stereocenters. The molecule has 0 atom stereocenters. The molecule has 6 nitrogen and oxygen atoms in total. The lowest BCUT2D eigenvalue weighted by molar-refractivity contribution is -0.133. The van der Waals surface area contributed by atoms with Gasteiger partial charge < -0.3 is 15.0 Å². The van der Waals surface area contributed by atoms with Crippen LogP contribution in [0.2, 0.25) is 0 Å². The molecular weight excluding hydrogens is 306 g/mol. The van der Waals surface area contributed by atoms with Crippen LogP contribution in [0, 0.1) is 0 Å². The second-order valence-corrected chi connectivity index (χ2v) is 5.99. The fourth-order valence-electron chi connectivity index (χ4n) is 2.85. The number of methoxy groups -OCH3 is 1. The molecule has 0 saturated carbocycles. The van der Waals surface area contributed by atoms with Gasteiger partial charge in [-0.05, 0) is 37.9 Å². The number of nitrogens with zero attached hydrogens (tertiary/aromatic N) is 2. The molecule has 1 aromatic carbocycles. The first kappa shape index (κ1) is 18.3.